The van der Waals surface area contributed by atoms with E-state index >= 15 is 0 Å². The highest BCUT2D eigenvalue weighted by molar-refractivity contribution is 5.94. The number of methoxy groups -OCH3 is 2. The third-order valence-electron chi connectivity index (χ3n) is 7.14. The smallest absolute Gasteiger partial charge is 0.251 e. The molecule has 4 rings (SSSR count). The summed E-state index contributed by atoms with van der Waals surface area (Å²) in [4.78, 5) is 12.6. The molecule has 1 saturated heterocycles. The van der Waals surface area contributed by atoms with Gasteiger partial charge in [0.2, 0.25) is 0 Å². The minimum atomic E-state index is 0.0421. The lowest BCUT2D eigenvalue weighted by Gasteiger charge is -2.23. The molecule has 1 saturated carbocycles. The van der Waals surface area contributed by atoms with Gasteiger partial charge in [-0.1, -0.05) is 24.3 Å². The van der Waals surface area contributed by atoms with Crippen LogP contribution in [0.4, 0.5) is 0 Å². The Labute approximate surface area is 197 Å². The number of rotatable bonds is 8. The van der Waals surface area contributed by atoms with Gasteiger partial charge in [-0.15, -0.1) is 0 Å². The summed E-state index contributed by atoms with van der Waals surface area (Å²) < 4.78 is 11.1. The maximum atomic E-state index is 12.6. The second kappa shape index (κ2) is 11.0. The number of nitrogens with one attached hydrogen (secondary N) is 3. The van der Waals surface area contributed by atoms with Crippen molar-refractivity contribution in [2.45, 2.75) is 63.1 Å². The predicted molar refractivity (Wildman–Crippen MR) is 131 cm³/mol. The molecule has 1 aliphatic carbocycles. The SMILES string of the molecule is COc1cccc([C@@H](C)NC2CC[C@H](c3ccc(C(=O)NC4CCNCC4)cc3)C2)c1OC. The zero-order chi connectivity index (χ0) is 23.2. The largest absolute Gasteiger partial charge is 0.493 e. The second-order valence-electron chi connectivity index (χ2n) is 9.30. The molecule has 1 unspecified atom stereocenters. The zero-order valence-corrected chi connectivity index (χ0v) is 20.0. The summed E-state index contributed by atoms with van der Waals surface area (Å²) in [5.41, 5.74) is 3.19. The topological polar surface area (TPSA) is 71.6 Å². The predicted octanol–water partition coefficient (Wildman–Crippen LogP) is 4.17. The van der Waals surface area contributed by atoms with Gasteiger partial charge in [-0.05, 0) is 81.8 Å². The molecule has 178 valence electrons. The van der Waals surface area contributed by atoms with E-state index in [0.29, 0.717) is 12.0 Å². The van der Waals surface area contributed by atoms with Crippen molar-refractivity contribution in [3.8, 4) is 11.5 Å². The average molecular weight is 452 g/mol. The number of carbonyl (C=O) groups excluding carboxylic acids is 1. The van der Waals surface area contributed by atoms with E-state index in [-0.39, 0.29) is 18.0 Å². The first-order valence-corrected chi connectivity index (χ1v) is 12.2. The van der Waals surface area contributed by atoms with E-state index < -0.39 is 0 Å². The number of ether oxygens (including phenoxy) is 2. The highest BCUT2D eigenvalue weighted by Crippen LogP contribution is 2.38. The summed E-state index contributed by atoms with van der Waals surface area (Å²) in [5, 5.41) is 10.3. The van der Waals surface area contributed by atoms with E-state index in [9.17, 15) is 4.79 Å². The van der Waals surface area contributed by atoms with Crippen LogP contribution in [-0.4, -0.2) is 45.3 Å². The number of carbonyl (C=O) groups is 1. The maximum absolute atomic E-state index is 12.6. The molecule has 2 fully saturated rings. The standard InChI is InChI=1S/C27H37N3O3/c1-18(24-5-4-6-25(32-2)26(24)33-3)29-23-12-11-21(17-23)19-7-9-20(10-8-19)27(31)30-22-13-15-28-16-14-22/h4-10,18,21-23,28-29H,11-17H2,1-3H3,(H,30,31)/t18-,21+,23?/m1/s1. The molecule has 1 aliphatic heterocycles. The summed E-state index contributed by atoms with van der Waals surface area (Å²) in [6.07, 6.45) is 5.39. The Balaban J connectivity index is 1.33. The highest BCUT2D eigenvalue weighted by atomic mass is 16.5. The minimum Gasteiger partial charge on any atom is -0.493 e. The van der Waals surface area contributed by atoms with E-state index in [1.54, 1.807) is 14.2 Å². The molecule has 33 heavy (non-hydrogen) atoms. The first kappa shape index (κ1) is 23.6. The van der Waals surface area contributed by atoms with Crippen LogP contribution in [0.15, 0.2) is 42.5 Å². The van der Waals surface area contributed by atoms with Gasteiger partial charge in [-0.25, -0.2) is 0 Å². The van der Waals surface area contributed by atoms with Crippen LogP contribution in [0, 0.1) is 0 Å². The lowest BCUT2D eigenvalue weighted by Crippen LogP contribution is -2.42. The number of benzene rings is 2. The monoisotopic (exact) mass is 451 g/mol. The van der Waals surface area contributed by atoms with Crippen LogP contribution in [-0.2, 0) is 0 Å². The van der Waals surface area contributed by atoms with Crippen molar-refractivity contribution in [1.29, 1.82) is 0 Å². The molecule has 0 aromatic heterocycles. The Bertz CT molecular complexity index is 925. The summed E-state index contributed by atoms with van der Waals surface area (Å²) in [7, 11) is 3.36. The summed E-state index contributed by atoms with van der Waals surface area (Å²) >= 11 is 0. The Morgan fingerprint density at radius 1 is 0.970 bits per heavy atom. The van der Waals surface area contributed by atoms with Gasteiger partial charge in [0.05, 0.1) is 14.2 Å². The molecule has 6 heteroatoms. The van der Waals surface area contributed by atoms with Crippen LogP contribution in [0.1, 0.15) is 72.5 Å². The molecule has 1 amide bonds. The van der Waals surface area contributed by atoms with Crippen molar-refractivity contribution in [1.82, 2.24) is 16.0 Å². The van der Waals surface area contributed by atoms with E-state index in [0.717, 1.165) is 67.8 Å². The summed E-state index contributed by atoms with van der Waals surface area (Å²) in [6.45, 7) is 4.13. The molecule has 3 atom stereocenters. The van der Waals surface area contributed by atoms with Crippen LogP contribution in [0.2, 0.25) is 0 Å². The Morgan fingerprint density at radius 3 is 2.42 bits per heavy atom. The van der Waals surface area contributed by atoms with Crippen molar-refractivity contribution in [2.75, 3.05) is 27.3 Å². The molecular weight excluding hydrogens is 414 g/mol. The van der Waals surface area contributed by atoms with Gasteiger partial charge < -0.3 is 25.4 Å². The van der Waals surface area contributed by atoms with Gasteiger partial charge >= 0.3 is 0 Å². The van der Waals surface area contributed by atoms with Gasteiger partial charge in [0.25, 0.3) is 5.91 Å². The van der Waals surface area contributed by atoms with E-state index in [4.69, 9.17) is 9.47 Å². The lowest BCUT2D eigenvalue weighted by atomic mass is 9.96. The Hall–Kier alpha value is -2.57. The first-order chi connectivity index (χ1) is 16.1. The number of hydrogen-bond donors (Lipinski definition) is 3. The second-order valence-corrected chi connectivity index (χ2v) is 9.30. The van der Waals surface area contributed by atoms with Crippen molar-refractivity contribution in [2.24, 2.45) is 0 Å². The molecule has 2 aliphatic rings. The zero-order valence-electron chi connectivity index (χ0n) is 20.0. The molecule has 0 spiro atoms. The molecule has 0 radical (unpaired) electrons. The van der Waals surface area contributed by atoms with E-state index in [2.05, 4.69) is 41.1 Å². The van der Waals surface area contributed by atoms with Crippen LogP contribution in [0.5, 0.6) is 11.5 Å². The normalized spacial score (nSPS) is 22.0. The minimum absolute atomic E-state index is 0.0421. The van der Waals surface area contributed by atoms with Crippen molar-refractivity contribution < 1.29 is 14.3 Å². The van der Waals surface area contributed by atoms with E-state index in [1.807, 2.05) is 24.3 Å². The van der Waals surface area contributed by atoms with Gasteiger partial charge in [-0.2, -0.15) is 0 Å². The van der Waals surface area contributed by atoms with Gasteiger partial charge in [0.1, 0.15) is 0 Å². The number of piperidine rings is 1. The van der Waals surface area contributed by atoms with Crippen LogP contribution in [0.3, 0.4) is 0 Å². The number of para-hydroxylation sites is 1. The lowest BCUT2D eigenvalue weighted by molar-refractivity contribution is 0.0929. The average Bonchev–Trinajstić information content (AvgIpc) is 3.32. The van der Waals surface area contributed by atoms with Gasteiger partial charge in [0, 0.05) is 29.3 Å². The third-order valence-corrected chi connectivity index (χ3v) is 7.14. The fourth-order valence-electron chi connectivity index (χ4n) is 5.27. The fraction of sp³-hybridized carbons (Fsp3) is 0.519. The van der Waals surface area contributed by atoms with Crippen LogP contribution >= 0.6 is 0 Å². The van der Waals surface area contributed by atoms with Crippen molar-refractivity contribution >= 4 is 5.91 Å². The molecule has 2 aromatic carbocycles. The Morgan fingerprint density at radius 2 is 1.73 bits per heavy atom. The number of amides is 1. The quantitative estimate of drug-likeness (QED) is 0.562. The fourth-order valence-corrected chi connectivity index (χ4v) is 5.27. The molecule has 1 heterocycles. The van der Waals surface area contributed by atoms with Crippen molar-refractivity contribution in [3.63, 3.8) is 0 Å². The van der Waals surface area contributed by atoms with Crippen LogP contribution < -0.4 is 25.4 Å². The molecular formula is C27H37N3O3. The first-order valence-electron chi connectivity index (χ1n) is 12.2. The van der Waals surface area contributed by atoms with E-state index in [1.165, 1.54) is 5.56 Å². The van der Waals surface area contributed by atoms with Gasteiger partial charge in [0.15, 0.2) is 11.5 Å². The maximum Gasteiger partial charge on any atom is 0.251 e. The molecule has 0 bridgehead atoms. The molecule has 6 nitrogen and oxygen atoms in total. The summed E-state index contributed by atoms with van der Waals surface area (Å²) in [5.74, 6) is 2.12. The summed E-state index contributed by atoms with van der Waals surface area (Å²) in [6, 6.07) is 15.2. The molecule has 2 aromatic rings. The van der Waals surface area contributed by atoms with Gasteiger partial charge in [-0.3, -0.25) is 4.79 Å². The molecule has 3 N–H and O–H groups in total. The number of hydrogen-bond acceptors (Lipinski definition) is 5. The van der Waals surface area contributed by atoms with Crippen LogP contribution in [0.25, 0.3) is 0 Å². The van der Waals surface area contributed by atoms with Crippen molar-refractivity contribution in [3.05, 3.63) is 59.2 Å². The third kappa shape index (κ3) is 5.68. The highest BCUT2D eigenvalue weighted by Gasteiger charge is 2.28. The Kier molecular flexibility index (Phi) is 7.89.